The molecule has 0 aromatic carbocycles. The fourth-order valence-electron chi connectivity index (χ4n) is 1.27. The van der Waals surface area contributed by atoms with Gasteiger partial charge >= 0.3 is 0 Å². The SMILES string of the molecule is N#Cc1ncc(Cl)cc1-c1cccnc1. The monoisotopic (exact) mass is 215 g/mol. The Morgan fingerprint density at radius 1 is 1.33 bits per heavy atom. The van der Waals surface area contributed by atoms with Crippen molar-refractivity contribution in [3.05, 3.63) is 47.5 Å². The molecule has 0 radical (unpaired) electrons. The Morgan fingerprint density at radius 3 is 2.87 bits per heavy atom. The molecule has 0 aliphatic rings. The van der Waals surface area contributed by atoms with Gasteiger partial charge in [0.25, 0.3) is 0 Å². The normalized spacial score (nSPS) is 9.60. The highest BCUT2D eigenvalue weighted by molar-refractivity contribution is 6.30. The lowest BCUT2D eigenvalue weighted by atomic mass is 10.1. The van der Waals surface area contributed by atoms with E-state index in [1.54, 1.807) is 24.5 Å². The van der Waals surface area contributed by atoms with Crippen LogP contribution in [0.25, 0.3) is 11.1 Å². The molecular weight excluding hydrogens is 210 g/mol. The lowest BCUT2D eigenvalue weighted by molar-refractivity contribution is 1.25. The van der Waals surface area contributed by atoms with Crippen LogP contribution in [0.5, 0.6) is 0 Å². The molecule has 0 bridgehead atoms. The second kappa shape index (κ2) is 4.07. The number of aromatic nitrogens is 2. The van der Waals surface area contributed by atoms with Crippen molar-refractivity contribution in [2.45, 2.75) is 0 Å². The lowest BCUT2D eigenvalue weighted by Gasteiger charge is -2.02. The number of nitriles is 1. The average Bonchev–Trinajstić information content (AvgIpc) is 2.30. The van der Waals surface area contributed by atoms with Crippen LogP contribution in [-0.4, -0.2) is 9.97 Å². The number of nitrogens with zero attached hydrogens (tertiary/aromatic N) is 3. The molecule has 15 heavy (non-hydrogen) atoms. The van der Waals surface area contributed by atoms with E-state index in [1.165, 1.54) is 6.20 Å². The van der Waals surface area contributed by atoms with E-state index in [0.717, 1.165) is 5.56 Å². The predicted octanol–water partition coefficient (Wildman–Crippen LogP) is 2.67. The summed E-state index contributed by atoms with van der Waals surface area (Å²) in [5, 5.41) is 9.40. The smallest absolute Gasteiger partial charge is 0.148 e. The van der Waals surface area contributed by atoms with E-state index in [9.17, 15) is 0 Å². The second-order valence-corrected chi connectivity index (χ2v) is 3.34. The molecule has 72 valence electrons. The predicted molar refractivity (Wildman–Crippen MR) is 57.2 cm³/mol. The molecule has 0 aliphatic carbocycles. The van der Waals surface area contributed by atoms with Gasteiger partial charge in [0, 0.05) is 29.7 Å². The molecule has 0 saturated carbocycles. The van der Waals surface area contributed by atoms with Gasteiger partial charge in [-0.3, -0.25) is 4.98 Å². The summed E-state index contributed by atoms with van der Waals surface area (Å²) in [6, 6.07) is 7.40. The van der Waals surface area contributed by atoms with Crippen molar-refractivity contribution in [3.63, 3.8) is 0 Å². The van der Waals surface area contributed by atoms with Crippen LogP contribution < -0.4 is 0 Å². The Balaban J connectivity index is 2.62. The maximum absolute atomic E-state index is 8.89. The molecular formula is C11H6ClN3. The largest absolute Gasteiger partial charge is 0.264 e. The molecule has 2 heterocycles. The Labute approximate surface area is 92.0 Å². The van der Waals surface area contributed by atoms with Gasteiger partial charge < -0.3 is 0 Å². The molecule has 2 rings (SSSR count). The number of halogens is 1. The maximum atomic E-state index is 8.89. The van der Waals surface area contributed by atoms with Gasteiger partial charge in [-0.15, -0.1) is 0 Å². The highest BCUT2D eigenvalue weighted by Gasteiger charge is 2.06. The molecule has 0 unspecified atom stereocenters. The van der Waals surface area contributed by atoms with Crippen LogP contribution in [0.2, 0.25) is 5.02 Å². The van der Waals surface area contributed by atoms with E-state index in [-0.39, 0.29) is 0 Å². The van der Waals surface area contributed by atoms with E-state index in [1.807, 2.05) is 12.1 Å². The highest BCUT2D eigenvalue weighted by Crippen LogP contribution is 2.23. The van der Waals surface area contributed by atoms with Crippen molar-refractivity contribution >= 4 is 11.6 Å². The van der Waals surface area contributed by atoms with Crippen LogP contribution in [-0.2, 0) is 0 Å². The molecule has 0 aliphatic heterocycles. The minimum atomic E-state index is 0.354. The second-order valence-electron chi connectivity index (χ2n) is 2.90. The molecule has 0 saturated heterocycles. The van der Waals surface area contributed by atoms with Crippen LogP contribution in [0.4, 0.5) is 0 Å². The van der Waals surface area contributed by atoms with Crippen LogP contribution in [0, 0.1) is 11.3 Å². The molecule has 2 aromatic rings. The molecule has 2 aromatic heterocycles. The van der Waals surface area contributed by atoms with Crippen molar-refractivity contribution in [2.75, 3.05) is 0 Å². The quantitative estimate of drug-likeness (QED) is 0.735. The zero-order chi connectivity index (χ0) is 10.7. The van der Waals surface area contributed by atoms with Gasteiger partial charge in [-0.1, -0.05) is 17.7 Å². The first-order chi connectivity index (χ1) is 7.31. The maximum Gasteiger partial charge on any atom is 0.148 e. The van der Waals surface area contributed by atoms with Gasteiger partial charge in [0.1, 0.15) is 11.8 Å². The Hall–Kier alpha value is -1.92. The average molecular weight is 216 g/mol. The molecule has 3 nitrogen and oxygen atoms in total. The number of hydrogen-bond acceptors (Lipinski definition) is 3. The summed E-state index contributed by atoms with van der Waals surface area (Å²) in [5.41, 5.74) is 1.90. The van der Waals surface area contributed by atoms with Gasteiger partial charge in [0.2, 0.25) is 0 Å². The van der Waals surface area contributed by atoms with Crippen LogP contribution >= 0.6 is 11.6 Å². The summed E-state index contributed by atoms with van der Waals surface area (Å²) >= 11 is 5.83. The lowest BCUT2D eigenvalue weighted by Crippen LogP contribution is -1.89. The fourth-order valence-corrected chi connectivity index (χ4v) is 1.43. The Morgan fingerprint density at radius 2 is 2.20 bits per heavy atom. The first-order valence-corrected chi connectivity index (χ1v) is 4.65. The highest BCUT2D eigenvalue weighted by atomic mass is 35.5. The third-order valence-electron chi connectivity index (χ3n) is 1.93. The zero-order valence-corrected chi connectivity index (χ0v) is 8.44. The molecule has 4 heteroatoms. The summed E-state index contributed by atoms with van der Waals surface area (Å²) in [6.07, 6.45) is 4.81. The summed E-state index contributed by atoms with van der Waals surface area (Å²) in [6.45, 7) is 0. The van der Waals surface area contributed by atoms with E-state index in [0.29, 0.717) is 16.3 Å². The number of hydrogen-bond donors (Lipinski definition) is 0. The summed E-state index contributed by atoms with van der Waals surface area (Å²) in [7, 11) is 0. The van der Waals surface area contributed by atoms with Gasteiger partial charge in [-0.2, -0.15) is 5.26 Å². The molecule has 0 N–H and O–H groups in total. The minimum Gasteiger partial charge on any atom is -0.264 e. The fraction of sp³-hybridized carbons (Fsp3) is 0. The number of pyridine rings is 2. The van der Waals surface area contributed by atoms with E-state index in [4.69, 9.17) is 16.9 Å². The van der Waals surface area contributed by atoms with Crippen molar-refractivity contribution < 1.29 is 0 Å². The standard InChI is InChI=1S/C11H6ClN3/c12-9-4-10(11(5-13)15-7-9)8-2-1-3-14-6-8/h1-4,6-7H. The van der Waals surface area contributed by atoms with Gasteiger partial charge in [0.05, 0.1) is 5.02 Å². The molecule has 0 spiro atoms. The first kappa shape index (κ1) is 9.63. The van der Waals surface area contributed by atoms with Gasteiger partial charge in [-0.25, -0.2) is 4.98 Å². The molecule has 0 amide bonds. The number of rotatable bonds is 1. The minimum absolute atomic E-state index is 0.354. The van der Waals surface area contributed by atoms with Gasteiger partial charge in [0.15, 0.2) is 0 Å². The van der Waals surface area contributed by atoms with Crippen LogP contribution in [0.15, 0.2) is 36.8 Å². The Bertz CT molecular complexity index is 517. The van der Waals surface area contributed by atoms with Crippen molar-refractivity contribution in [1.29, 1.82) is 5.26 Å². The van der Waals surface area contributed by atoms with Gasteiger partial charge in [-0.05, 0) is 12.1 Å². The molecule has 0 atom stereocenters. The summed E-state index contributed by atoms with van der Waals surface area (Å²) in [4.78, 5) is 7.94. The Kier molecular flexibility index (Phi) is 2.61. The van der Waals surface area contributed by atoms with Crippen molar-refractivity contribution in [1.82, 2.24) is 9.97 Å². The van der Waals surface area contributed by atoms with E-state index < -0.39 is 0 Å². The van der Waals surface area contributed by atoms with Crippen LogP contribution in [0.1, 0.15) is 5.69 Å². The summed E-state index contributed by atoms with van der Waals surface area (Å²) in [5.74, 6) is 0. The first-order valence-electron chi connectivity index (χ1n) is 4.27. The van der Waals surface area contributed by atoms with E-state index in [2.05, 4.69) is 9.97 Å². The third kappa shape index (κ3) is 1.95. The summed E-state index contributed by atoms with van der Waals surface area (Å²) < 4.78 is 0. The zero-order valence-electron chi connectivity index (χ0n) is 7.68. The van der Waals surface area contributed by atoms with E-state index >= 15 is 0 Å². The molecule has 0 fully saturated rings. The third-order valence-corrected chi connectivity index (χ3v) is 2.14. The van der Waals surface area contributed by atoms with Crippen LogP contribution in [0.3, 0.4) is 0 Å². The van der Waals surface area contributed by atoms with Crippen molar-refractivity contribution in [3.8, 4) is 17.2 Å². The topological polar surface area (TPSA) is 49.6 Å². The van der Waals surface area contributed by atoms with Crippen molar-refractivity contribution in [2.24, 2.45) is 0 Å².